The van der Waals surface area contributed by atoms with Crippen molar-refractivity contribution in [1.29, 1.82) is 0 Å². The van der Waals surface area contributed by atoms with E-state index in [2.05, 4.69) is 0 Å². The van der Waals surface area contributed by atoms with E-state index in [-0.39, 0.29) is 11.2 Å². The normalized spacial score (nSPS) is 10.9. The zero-order chi connectivity index (χ0) is 22.7. The minimum atomic E-state index is -0.466. The first kappa shape index (κ1) is 21.8. The predicted octanol–water partition coefficient (Wildman–Crippen LogP) is 5.75. The van der Waals surface area contributed by atoms with Crippen LogP contribution in [0.1, 0.15) is 6.42 Å². The maximum atomic E-state index is 13.2. The van der Waals surface area contributed by atoms with Gasteiger partial charge in [0.05, 0.1) is 27.5 Å². The summed E-state index contributed by atoms with van der Waals surface area (Å²) in [5.74, 6) is 0.964. The molecule has 0 bridgehead atoms. The number of nitro benzene ring substituents is 1. The van der Waals surface area contributed by atoms with Crippen LogP contribution in [0.4, 0.5) is 5.69 Å². The number of halogens is 2. The third-order valence-electron chi connectivity index (χ3n) is 4.88. The van der Waals surface area contributed by atoms with E-state index < -0.39 is 4.92 Å². The summed E-state index contributed by atoms with van der Waals surface area (Å²) in [6.45, 7) is 0.656. The largest absolute Gasteiger partial charge is 0.494 e. The lowest BCUT2D eigenvalue weighted by atomic mass is 10.1. The Labute approximate surface area is 193 Å². The summed E-state index contributed by atoms with van der Waals surface area (Å²) in [4.78, 5) is 28.2. The van der Waals surface area contributed by atoms with Gasteiger partial charge in [0.2, 0.25) is 0 Å². The lowest BCUT2D eigenvalue weighted by Crippen LogP contribution is -2.24. The van der Waals surface area contributed by atoms with Crippen molar-refractivity contribution in [2.75, 3.05) is 6.61 Å². The van der Waals surface area contributed by atoms with Gasteiger partial charge in [-0.3, -0.25) is 19.5 Å². The number of fused-ring (bicyclic) bond motifs is 1. The third-order valence-corrected chi connectivity index (χ3v) is 5.42. The summed E-state index contributed by atoms with van der Waals surface area (Å²) in [6, 6.07) is 18.0. The van der Waals surface area contributed by atoms with Crippen LogP contribution in [0.2, 0.25) is 10.0 Å². The topological polar surface area (TPSA) is 87.3 Å². The standard InChI is InChI=1S/C23H17Cl2N3O4/c24-15-6-11-18(20(25)14-15)22-26-21-5-2-1-4-19(21)23(29)27(22)12-3-13-32-17-9-7-16(8-10-17)28(30)31/h1-2,4-11,14H,3,12-13H2. The number of nitrogens with zero attached hydrogens (tertiary/aromatic N) is 3. The molecule has 1 heterocycles. The zero-order valence-corrected chi connectivity index (χ0v) is 18.2. The molecule has 0 amide bonds. The van der Waals surface area contributed by atoms with Crippen LogP contribution in [0.3, 0.4) is 0 Å². The SMILES string of the molecule is O=c1c2ccccc2nc(-c2ccc(Cl)cc2Cl)n1CCCOc1ccc([N+](=O)[O-])cc1. The van der Waals surface area contributed by atoms with Crippen molar-refractivity contribution in [1.82, 2.24) is 9.55 Å². The second-order valence-electron chi connectivity index (χ2n) is 6.99. The van der Waals surface area contributed by atoms with E-state index in [1.807, 2.05) is 6.07 Å². The Morgan fingerprint density at radius 1 is 1.03 bits per heavy atom. The summed E-state index contributed by atoms with van der Waals surface area (Å²) < 4.78 is 7.25. The highest BCUT2D eigenvalue weighted by molar-refractivity contribution is 6.36. The van der Waals surface area contributed by atoms with E-state index >= 15 is 0 Å². The average molecular weight is 470 g/mol. The smallest absolute Gasteiger partial charge is 0.269 e. The molecular formula is C23H17Cl2N3O4. The molecule has 0 unspecified atom stereocenters. The maximum Gasteiger partial charge on any atom is 0.269 e. The molecule has 0 saturated carbocycles. The Morgan fingerprint density at radius 3 is 2.50 bits per heavy atom. The molecule has 0 saturated heterocycles. The van der Waals surface area contributed by atoms with Crippen LogP contribution in [-0.4, -0.2) is 21.1 Å². The van der Waals surface area contributed by atoms with Gasteiger partial charge in [0.1, 0.15) is 11.6 Å². The van der Waals surface area contributed by atoms with Gasteiger partial charge in [-0.05, 0) is 48.9 Å². The van der Waals surface area contributed by atoms with Gasteiger partial charge in [0, 0.05) is 29.3 Å². The summed E-state index contributed by atoms with van der Waals surface area (Å²) in [5, 5.41) is 12.2. The van der Waals surface area contributed by atoms with Crippen LogP contribution >= 0.6 is 23.2 Å². The fourth-order valence-corrected chi connectivity index (χ4v) is 3.82. The minimum absolute atomic E-state index is 0.00405. The number of hydrogen-bond donors (Lipinski definition) is 0. The molecule has 4 aromatic rings. The monoisotopic (exact) mass is 469 g/mol. The van der Waals surface area contributed by atoms with E-state index in [4.69, 9.17) is 32.9 Å². The lowest BCUT2D eigenvalue weighted by Gasteiger charge is -2.15. The van der Waals surface area contributed by atoms with Crippen molar-refractivity contribution in [3.05, 3.63) is 97.2 Å². The summed E-state index contributed by atoms with van der Waals surface area (Å²) in [6.07, 6.45) is 0.509. The molecule has 0 radical (unpaired) electrons. The molecule has 0 aliphatic heterocycles. The molecule has 0 fully saturated rings. The minimum Gasteiger partial charge on any atom is -0.494 e. The van der Waals surface area contributed by atoms with Crippen molar-refractivity contribution >= 4 is 39.8 Å². The van der Waals surface area contributed by atoms with Crippen LogP contribution in [0, 0.1) is 10.1 Å². The number of hydrogen-bond acceptors (Lipinski definition) is 5. The van der Waals surface area contributed by atoms with Crippen LogP contribution in [0.5, 0.6) is 5.75 Å². The third kappa shape index (κ3) is 4.59. The Balaban J connectivity index is 1.60. The van der Waals surface area contributed by atoms with Crippen LogP contribution in [0.25, 0.3) is 22.3 Å². The highest BCUT2D eigenvalue weighted by Crippen LogP contribution is 2.29. The fraction of sp³-hybridized carbons (Fsp3) is 0.130. The molecule has 162 valence electrons. The number of aromatic nitrogens is 2. The molecule has 0 atom stereocenters. The molecule has 9 heteroatoms. The molecule has 1 aromatic heterocycles. The van der Waals surface area contributed by atoms with Gasteiger partial charge in [0.15, 0.2) is 0 Å². The Morgan fingerprint density at radius 2 is 1.78 bits per heavy atom. The number of non-ortho nitro benzene ring substituents is 1. The van der Waals surface area contributed by atoms with Gasteiger partial charge in [0.25, 0.3) is 11.2 Å². The molecule has 0 N–H and O–H groups in total. The van der Waals surface area contributed by atoms with E-state index in [1.165, 1.54) is 12.1 Å². The van der Waals surface area contributed by atoms with Gasteiger partial charge < -0.3 is 4.74 Å². The number of nitro groups is 1. The molecule has 32 heavy (non-hydrogen) atoms. The van der Waals surface area contributed by atoms with Crippen molar-refractivity contribution < 1.29 is 9.66 Å². The second-order valence-corrected chi connectivity index (χ2v) is 7.83. The Bertz CT molecular complexity index is 1350. The molecule has 0 aliphatic rings. The van der Waals surface area contributed by atoms with E-state index in [0.717, 1.165) is 0 Å². The molecule has 0 aliphatic carbocycles. The molecule has 0 spiro atoms. The molecular weight excluding hydrogens is 453 g/mol. The quantitative estimate of drug-likeness (QED) is 0.195. The predicted molar refractivity (Wildman–Crippen MR) is 125 cm³/mol. The van der Waals surface area contributed by atoms with Crippen molar-refractivity contribution in [2.45, 2.75) is 13.0 Å². The highest BCUT2D eigenvalue weighted by atomic mass is 35.5. The van der Waals surface area contributed by atoms with Gasteiger partial charge >= 0.3 is 0 Å². The van der Waals surface area contributed by atoms with Crippen molar-refractivity contribution in [2.24, 2.45) is 0 Å². The summed E-state index contributed by atoms with van der Waals surface area (Å²) >= 11 is 12.4. The van der Waals surface area contributed by atoms with Crippen LogP contribution < -0.4 is 10.3 Å². The number of benzene rings is 3. The Kier molecular flexibility index (Phi) is 6.39. The second kappa shape index (κ2) is 9.38. The van der Waals surface area contributed by atoms with Crippen molar-refractivity contribution in [3.8, 4) is 17.1 Å². The first-order chi connectivity index (χ1) is 15.4. The first-order valence-corrected chi connectivity index (χ1v) is 10.5. The van der Waals surface area contributed by atoms with Crippen molar-refractivity contribution in [3.63, 3.8) is 0 Å². The summed E-state index contributed by atoms with van der Waals surface area (Å²) in [7, 11) is 0. The number of ether oxygens (including phenoxy) is 1. The van der Waals surface area contributed by atoms with Gasteiger partial charge in [-0.15, -0.1) is 0 Å². The Hall–Kier alpha value is -3.42. The maximum absolute atomic E-state index is 13.2. The van der Waals surface area contributed by atoms with E-state index in [9.17, 15) is 14.9 Å². The fourth-order valence-electron chi connectivity index (χ4n) is 3.33. The summed E-state index contributed by atoms with van der Waals surface area (Å²) in [5.41, 5.74) is 1.01. The number of para-hydroxylation sites is 1. The van der Waals surface area contributed by atoms with Crippen LogP contribution in [0.15, 0.2) is 71.5 Å². The highest BCUT2D eigenvalue weighted by Gasteiger charge is 2.15. The number of rotatable bonds is 7. The van der Waals surface area contributed by atoms with Crippen LogP contribution in [-0.2, 0) is 6.54 Å². The average Bonchev–Trinajstić information content (AvgIpc) is 2.78. The zero-order valence-electron chi connectivity index (χ0n) is 16.7. The van der Waals surface area contributed by atoms with Gasteiger partial charge in [-0.2, -0.15) is 0 Å². The van der Waals surface area contributed by atoms with Gasteiger partial charge in [-0.25, -0.2) is 4.98 Å². The molecule has 4 rings (SSSR count). The first-order valence-electron chi connectivity index (χ1n) is 9.76. The van der Waals surface area contributed by atoms with E-state index in [0.29, 0.717) is 57.7 Å². The molecule has 7 nitrogen and oxygen atoms in total. The van der Waals surface area contributed by atoms with E-state index in [1.54, 1.807) is 53.1 Å². The van der Waals surface area contributed by atoms with Gasteiger partial charge in [-0.1, -0.05) is 35.3 Å². The lowest BCUT2D eigenvalue weighted by molar-refractivity contribution is -0.384. The molecule has 3 aromatic carbocycles.